The molecule has 19 heavy (non-hydrogen) atoms. The van der Waals surface area contributed by atoms with Crippen LogP contribution in [0.2, 0.25) is 0 Å². The van der Waals surface area contributed by atoms with E-state index in [0.29, 0.717) is 22.9 Å². The zero-order chi connectivity index (χ0) is 13.4. The molecule has 0 spiro atoms. The predicted molar refractivity (Wildman–Crippen MR) is 69.8 cm³/mol. The molecule has 0 aliphatic heterocycles. The van der Waals surface area contributed by atoms with E-state index in [1.165, 1.54) is 11.0 Å². The van der Waals surface area contributed by atoms with Crippen LogP contribution in [-0.2, 0) is 0 Å². The SMILES string of the molecule is CC(C)Nc1nc(N)n(-c2ncnc3nc[nH]c23)n1. The summed E-state index contributed by atoms with van der Waals surface area (Å²) < 4.78 is 1.45. The molecule has 0 saturated heterocycles. The maximum absolute atomic E-state index is 5.86. The molecule has 0 saturated carbocycles. The van der Waals surface area contributed by atoms with Gasteiger partial charge in [0, 0.05) is 6.04 Å². The van der Waals surface area contributed by atoms with Crippen molar-refractivity contribution < 1.29 is 0 Å². The van der Waals surface area contributed by atoms with E-state index in [-0.39, 0.29) is 12.0 Å². The summed E-state index contributed by atoms with van der Waals surface area (Å²) >= 11 is 0. The van der Waals surface area contributed by atoms with Gasteiger partial charge in [0.25, 0.3) is 0 Å². The Labute approximate surface area is 108 Å². The zero-order valence-electron chi connectivity index (χ0n) is 10.5. The van der Waals surface area contributed by atoms with Gasteiger partial charge in [-0.2, -0.15) is 9.67 Å². The first-order valence-electron chi connectivity index (χ1n) is 5.78. The summed E-state index contributed by atoms with van der Waals surface area (Å²) in [5.74, 6) is 1.22. The molecule has 9 heteroatoms. The fraction of sp³-hybridized carbons (Fsp3) is 0.300. The van der Waals surface area contributed by atoms with Crippen molar-refractivity contribution in [2.75, 3.05) is 11.1 Å². The number of nitrogen functional groups attached to an aromatic ring is 1. The van der Waals surface area contributed by atoms with Gasteiger partial charge in [-0.15, -0.1) is 5.10 Å². The molecular formula is C10H13N9. The molecule has 3 aromatic heterocycles. The third kappa shape index (κ3) is 1.94. The van der Waals surface area contributed by atoms with E-state index in [0.717, 1.165) is 0 Å². The summed E-state index contributed by atoms with van der Waals surface area (Å²) in [4.78, 5) is 19.4. The van der Waals surface area contributed by atoms with Gasteiger partial charge in [-0.3, -0.25) is 0 Å². The number of imidazole rings is 1. The number of anilines is 2. The predicted octanol–water partition coefficient (Wildman–Crippen LogP) is 0.336. The number of aromatic nitrogens is 7. The summed E-state index contributed by atoms with van der Waals surface area (Å²) in [6, 6.07) is 0.216. The third-order valence-electron chi connectivity index (χ3n) is 2.45. The molecule has 0 fully saturated rings. The van der Waals surface area contributed by atoms with Gasteiger partial charge >= 0.3 is 0 Å². The quantitative estimate of drug-likeness (QED) is 0.619. The molecule has 98 valence electrons. The molecule has 0 bridgehead atoms. The van der Waals surface area contributed by atoms with Crippen LogP contribution in [0.3, 0.4) is 0 Å². The lowest BCUT2D eigenvalue weighted by Gasteiger charge is -2.03. The maximum atomic E-state index is 5.86. The molecule has 4 N–H and O–H groups in total. The fourth-order valence-corrected chi connectivity index (χ4v) is 1.71. The number of rotatable bonds is 3. The Balaban J connectivity index is 2.11. The summed E-state index contributed by atoms with van der Waals surface area (Å²) in [5.41, 5.74) is 7.08. The third-order valence-corrected chi connectivity index (χ3v) is 2.45. The van der Waals surface area contributed by atoms with Crippen LogP contribution < -0.4 is 11.1 Å². The average molecular weight is 259 g/mol. The summed E-state index contributed by atoms with van der Waals surface area (Å²) in [7, 11) is 0. The summed E-state index contributed by atoms with van der Waals surface area (Å²) in [6.45, 7) is 3.99. The molecule has 3 rings (SSSR count). The van der Waals surface area contributed by atoms with Crippen molar-refractivity contribution in [2.24, 2.45) is 0 Å². The highest BCUT2D eigenvalue weighted by molar-refractivity contribution is 5.77. The van der Waals surface area contributed by atoms with Crippen LogP contribution in [0, 0.1) is 0 Å². The minimum atomic E-state index is 0.216. The average Bonchev–Trinajstić information content (AvgIpc) is 2.94. The molecule has 9 nitrogen and oxygen atoms in total. The Morgan fingerprint density at radius 3 is 2.95 bits per heavy atom. The molecule has 3 aromatic rings. The van der Waals surface area contributed by atoms with Crippen molar-refractivity contribution in [3.05, 3.63) is 12.7 Å². The number of H-pyrrole nitrogens is 1. The van der Waals surface area contributed by atoms with Crippen LogP contribution in [0.15, 0.2) is 12.7 Å². The molecule has 0 aromatic carbocycles. The summed E-state index contributed by atoms with van der Waals surface area (Å²) in [5, 5.41) is 7.37. The molecule has 0 aliphatic rings. The van der Waals surface area contributed by atoms with E-state index < -0.39 is 0 Å². The van der Waals surface area contributed by atoms with Crippen LogP contribution >= 0.6 is 0 Å². The molecule has 0 amide bonds. The van der Waals surface area contributed by atoms with Crippen LogP contribution in [0.1, 0.15) is 13.8 Å². The van der Waals surface area contributed by atoms with Gasteiger partial charge in [0.1, 0.15) is 11.8 Å². The fourth-order valence-electron chi connectivity index (χ4n) is 1.71. The first-order chi connectivity index (χ1) is 9.15. The number of nitrogens with two attached hydrogens (primary N) is 1. The van der Waals surface area contributed by atoms with Crippen molar-refractivity contribution in [3.63, 3.8) is 0 Å². The Bertz CT molecular complexity index is 711. The van der Waals surface area contributed by atoms with Gasteiger partial charge in [0.05, 0.1) is 6.33 Å². The molecule has 0 radical (unpaired) electrons. The molecule has 0 atom stereocenters. The van der Waals surface area contributed by atoms with Gasteiger partial charge in [-0.25, -0.2) is 15.0 Å². The second kappa shape index (κ2) is 4.19. The number of hydrogen-bond donors (Lipinski definition) is 3. The van der Waals surface area contributed by atoms with E-state index in [9.17, 15) is 0 Å². The van der Waals surface area contributed by atoms with Gasteiger partial charge in [-0.05, 0) is 13.8 Å². The van der Waals surface area contributed by atoms with E-state index in [2.05, 4.69) is 35.3 Å². The van der Waals surface area contributed by atoms with Crippen LogP contribution in [0.25, 0.3) is 17.0 Å². The van der Waals surface area contributed by atoms with Crippen molar-refractivity contribution in [3.8, 4) is 5.82 Å². The lowest BCUT2D eigenvalue weighted by molar-refractivity contribution is 0.834. The molecule has 0 unspecified atom stereocenters. The monoisotopic (exact) mass is 259 g/mol. The maximum Gasteiger partial charge on any atom is 0.244 e. The van der Waals surface area contributed by atoms with E-state index in [1.807, 2.05) is 13.8 Å². The first-order valence-corrected chi connectivity index (χ1v) is 5.78. The van der Waals surface area contributed by atoms with Gasteiger partial charge < -0.3 is 16.0 Å². The van der Waals surface area contributed by atoms with E-state index in [1.54, 1.807) is 6.33 Å². The Morgan fingerprint density at radius 1 is 1.32 bits per heavy atom. The van der Waals surface area contributed by atoms with Gasteiger partial charge in [0.15, 0.2) is 11.5 Å². The largest absolute Gasteiger partial charge is 0.368 e. The highest BCUT2D eigenvalue weighted by atomic mass is 15.4. The van der Waals surface area contributed by atoms with Crippen molar-refractivity contribution in [1.82, 2.24) is 34.7 Å². The van der Waals surface area contributed by atoms with Crippen molar-refractivity contribution >= 4 is 23.1 Å². The van der Waals surface area contributed by atoms with Crippen molar-refractivity contribution in [2.45, 2.75) is 19.9 Å². The van der Waals surface area contributed by atoms with Gasteiger partial charge in [-0.1, -0.05) is 0 Å². The summed E-state index contributed by atoms with van der Waals surface area (Å²) in [6.07, 6.45) is 2.96. The van der Waals surface area contributed by atoms with E-state index in [4.69, 9.17) is 5.73 Å². The molecule has 3 heterocycles. The Hall–Kier alpha value is -2.71. The zero-order valence-corrected chi connectivity index (χ0v) is 10.5. The minimum Gasteiger partial charge on any atom is -0.368 e. The number of hydrogen-bond acceptors (Lipinski definition) is 7. The molecular weight excluding hydrogens is 246 g/mol. The number of fused-ring (bicyclic) bond motifs is 1. The second-order valence-electron chi connectivity index (χ2n) is 4.30. The first kappa shape index (κ1) is 11.4. The van der Waals surface area contributed by atoms with Crippen LogP contribution in [0.4, 0.5) is 11.9 Å². The smallest absolute Gasteiger partial charge is 0.244 e. The van der Waals surface area contributed by atoms with E-state index >= 15 is 0 Å². The lowest BCUT2D eigenvalue weighted by Crippen LogP contribution is -2.11. The van der Waals surface area contributed by atoms with Crippen molar-refractivity contribution in [1.29, 1.82) is 0 Å². The highest BCUT2D eigenvalue weighted by Gasteiger charge is 2.14. The highest BCUT2D eigenvalue weighted by Crippen LogP contribution is 2.17. The lowest BCUT2D eigenvalue weighted by atomic mass is 10.4. The Morgan fingerprint density at radius 2 is 2.16 bits per heavy atom. The topological polar surface area (TPSA) is 123 Å². The molecule has 0 aliphatic carbocycles. The number of nitrogens with zero attached hydrogens (tertiary/aromatic N) is 6. The Kier molecular flexibility index (Phi) is 2.51. The normalized spacial score (nSPS) is 11.3. The number of aromatic amines is 1. The standard InChI is InChI=1S/C10H13N9/c1-5(2)16-10-17-9(11)19(18-10)8-6-7(13-3-12-6)14-4-15-8/h3-5H,1-2H3,(H3,11,16,17,18)(H,12,13,14,15). The van der Waals surface area contributed by atoms with Gasteiger partial charge in [0.2, 0.25) is 11.9 Å². The second-order valence-corrected chi connectivity index (χ2v) is 4.30. The minimum absolute atomic E-state index is 0.216. The van der Waals surface area contributed by atoms with Crippen LogP contribution in [-0.4, -0.2) is 40.7 Å². The van der Waals surface area contributed by atoms with Crippen LogP contribution in [0.5, 0.6) is 0 Å². The number of nitrogens with one attached hydrogen (secondary N) is 2.